The van der Waals surface area contributed by atoms with Gasteiger partial charge >= 0.3 is 0 Å². The van der Waals surface area contributed by atoms with Crippen LogP contribution in [-0.2, 0) is 10.5 Å². The first kappa shape index (κ1) is 16.3. The molecule has 0 spiro atoms. The van der Waals surface area contributed by atoms with Crippen LogP contribution in [-0.4, -0.2) is 28.5 Å². The third-order valence-electron chi connectivity index (χ3n) is 3.65. The van der Waals surface area contributed by atoms with Crippen molar-refractivity contribution in [1.82, 2.24) is 10.4 Å². The highest BCUT2D eigenvalue weighted by Crippen LogP contribution is 2.21. The predicted molar refractivity (Wildman–Crippen MR) is 92.4 cm³/mol. The topological polar surface area (TPSA) is 66.5 Å². The average Bonchev–Trinajstić information content (AvgIpc) is 2.82. The van der Waals surface area contributed by atoms with Crippen LogP contribution >= 0.6 is 11.8 Å². The lowest BCUT2D eigenvalue weighted by molar-refractivity contribution is -0.121. The van der Waals surface area contributed by atoms with Crippen molar-refractivity contribution in [3.63, 3.8) is 0 Å². The molecule has 1 aliphatic rings. The summed E-state index contributed by atoms with van der Waals surface area (Å²) in [5.41, 5.74) is 5.34. The van der Waals surface area contributed by atoms with Crippen LogP contribution in [0.4, 0.5) is 0 Å². The Labute approximate surface area is 144 Å². The first-order valence-electron chi connectivity index (χ1n) is 7.47. The summed E-state index contributed by atoms with van der Waals surface area (Å²) >= 11 is 1.43. The van der Waals surface area contributed by atoms with Crippen molar-refractivity contribution in [2.24, 2.45) is 0 Å². The number of thioether (sulfide) groups is 1. The Hall–Kier alpha value is -2.60. The van der Waals surface area contributed by atoms with Crippen molar-refractivity contribution in [3.8, 4) is 0 Å². The summed E-state index contributed by atoms with van der Waals surface area (Å²) in [6, 6.07) is 14.6. The largest absolute Gasteiger partial charge is 0.280 e. The molecule has 0 saturated carbocycles. The number of fused-ring (bicyclic) bond motifs is 1. The van der Waals surface area contributed by atoms with Crippen molar-refractivity contribution < 1.29 is 14.4 Å². The van der Waals surface area contributed by atoms with E-state index in [1.807, 2.05) is 31.2 Å². The second-order valence-corrected chi connectivity index (χ2v) is 6.49. The van der Waals surface area contributed by atoms with E-state index in [2.05, 4.69) is 5.43 Å². The van der Waals surface area contributed by atoms with E-state index in [1.165, 1.54) is 17.3 Å². The number of nitrogens with one attached hydrogen (secondary N) is 1. The summed E-state index contributed by atoms with van der Waals surface area (Å²) in [5, 5.41) is 0.791. The number of nitrogens with zero attached hydrogens (tertiary/aromatic N) is 1. The van der Waals surface area contributed by atoms with Gasteiger partial charge in [0.05, 0.1) is 16.9 Å². The van der Waals surface area contributed by atoms with Crippen molar-refractivity contribution in [3.05, 3.63) is 70.8 Å². The molecule has 24 heavy (non-hydrogen) atoms. The maximum atomic E-state index is 12.2. The van der Waals surface area contributed by atoms with Gasteiger partial charge in [-0.1, -0.05) is 42.0 Å². The van der Waals surface area contributed by atoms with Gasteiger partial charge in [0.15, 0.2) is 0 Å². The Bertz CT molecular complexity index is 767. The number of hydrogen-bond acceptors (Lipinski definition) is 4. The minimum Gasteiger partial charge on any atom is -0.272 e. The number of amides is 3. The highest BCUT2D eigenvalue weighted by molar-refractivity contribution is 7.99. The molecule has 0 unspecified atom stereocenters. The molecule has 0 radical (unpaired) electrons. The Morgan fingerprint density at radius 1 is 1.00 bits per heavy atom. The first-order chi connectivity index (χ1) is 11.6. The molecule has 0 saturated heterocycles. The molecule has 1 aliphatic heterocycles. The number of imide groups is 1. The molecule has 122 valence electrons. The number of hydrogen-bond donors (Lipinski definition) is 1. The zero-order chi connectivity index (χ0) is 17.1. The Kier molecular flexibility index (Phi) is 4.66. The van der Waals surface area contributed by atoms with Gasteiger partial charge < -0.3 is 0 Å². The molecule has 0 aromatic heterocycles. The molecule has 0 bridgehead atoms. The van der Waals surface area contributed by atoms with Gasteiger partial charge in [0.1, 0.15) is 0 Å². The molecule has 5 nitrogen and oxygen atoms in total. The molecular formula is C18H16N2O3S. The van der Waals surface area contributed by atoms with Crippen LogP contribution in [0.1, 0.15) is 31.8 Å². The highest BCUT2D eigenvalue weighted by Gasteiger charge is 2.36. The van der Waals surface area contributed by atoms with E-state index in [4.69, 9.17) is 0 Å². The average molecular weight is 340 g/mol. The summed E-state index contributed by atoms with van der Waals surface area (Å²) < 4.78 is 0. The summed E-state index contributed by atoms with van der Waals surface area (Å²) in [6.07, 6.45) is 0. The molecule has 3 rings (SSSR count). The number of hydrazine groups is 1. The fourth-order valence-corrected chi connectivity index (χ4v) is 3.17. The van der Waals surface area contributed by atoms with E-state index < -0.39 is 11.8 Å². The number of carbonyl (C=O) groups is 3. The van der Waals surface area contributed by atoms with E-state index in [0.29, 0.717) is 16.9 Å². The number of aryl methyl sites for hydroxylation is 1. The fourth-order valence-electron chi connectivity index (χ4n) is 2.39. The third-order valence-corrected chi connectivity index (χ3v) is 4.66. The minimum atomic E-state index is -0.493. The monoisotopic (exact) mass is 340 g/mol. The number of carbonyl (C=O) groups excluding carboxylic acids is 3. The van der Waals surface area contributed by atoms with Crippen LogP contribution in [0.3, 0.4) is 0 Å². The lowest BCUT2D eigenvalue weighted by atomic mass is 10.1. The Balaban J connectivity index is 1.53. The molecular weight excluding hydrogens is 324 g/mol. The quantitative estimate of drug-likeness (QED) is 0.850. The van der Waals surface area contributed by atoms with Crippen LogP contribution in [0, 0.1) is 6.92 Å². The lowest BCUT2D eigenvalue weighted by Gasteiger charge is -2.14. The fraction of sp³-hybridized carbons (Fsp3) is 0.167. The SMILES string of the molecule is Cc1ccc(CSCC(=O)NN2C(=O)c3ccccc3C2=O)cc1. The molecule has 0 atom stereocenters. The van der Waals surface area contributed by atoms with Crippen molar-refractivity contribution in [2.45, 2.75) is 12.7 Å². The summed E-state index contributed by atoms with van der Waals surface area (Å²) in [6.45, 7) is 2.02. The molecule has 1 heterocycles. The van der Waals surface area contributed by atoms with Gasteiger partial charge in [-0.05, 0) is 24.6 Å². The number of rotatable bonds is 5. The van der Waals surface area contributed by atoms with Gasteiger partial charge in [-0.25, -0.2) is 0 Å². The van der Waals surface area contributed by atoms with E-state index >= 15 is 0 Å². The van der Waals surface area contributed by atoms with Gasteiger partial charge in [0.25, 0.3) is 11.8 Å². The maximum Gasteiger partial charge on any atom is 0.280 e. The molecule has 1 N–H and O–H groups in total. The highest BCUT2D eigenvalue weighted by atomic mass is 32.2. The molecule has 2 aromatic carbocycles. The third kappa shape index (κ3) is 3.33. The van der Waals surface area contributed by atoms with Crippen molar-refractivity contribution in [2.75, 3.05) is 5.75 Å². The number of benzene rings is 2. The van der Waals surface area contributed by atoms with Crippen LogP contribution in [0.25, 0.3) is 0 Å². The summed E-state index contributed by atoms with van der Waals surface area (Å²) in [4.78, 5) is 36.3. The van der Waals surface area contributed by atoms with Crippen LogP contribution in [0.15, 0.2) is 48.5 Å². The van der Waals surface area contributed by atoms with Crippen LogP contribution in [0.5, 0.6) is 0 Å². The molecule has 2 aromatic rings. The maximum absolute atomic E-state index is 12.2. The first-order valence-corrected chi connectivity index (χ1v) is 8.62. The van der Waals surface area contributed by atoms with Gasteiger partial charge in [-0.15, -0.1) is 11.8 Å². The van der Waals surface area contributed by atoms with E-state index in [9.17, 15) is 14.4 Å². The van der Waals surface area contributed by atoms with Crippen molar-refractivity contribution >= 4 is 29.5 Å². The summed E-state index contributed by atoms with van der Waals surface area (Å²) in [5.74, 6) is -0.501. The Morgan fingerprint density at radius 3 is 2.17 bits per heavy atom. The standard InChI is InChI=1S/C18H16N2O3S/c1-12-6-8-13(9-7-12)10-24-11-16(21)19-20-17(22)14-4-2-3-5-15(14)18(20)23/h2-9H,10-11H2,1H3,(H,19,21). The van der Waals surface area contributed by atoms with E-state index in [1.54, 1.807) is 24.3 Å². The van der Waals surface area contributed by atoms with Crippen LogP contribution < -0.4 is 5.43 Å². The zero-order valence-corrected chi connectivity index (χ0v) is 13.9. The second kappa shape index (κ2) is 6.88. The van der Waals surface area contributed by atoms with Gasteiger partial charge in [-0.2, -0.15) is 5.01 Å². The van der Waals surface area contributed by atoms with Crippen molar-refractivity contribution in [1.29, 1.82) is 0 Å². The Morgan fingerprint density at radius 2 is 1.58 bits per heavy atom. The minimum absolute atomic E-state index is 0.168. The van der Waals surface area contributed by atoms with Gasteiger partial charge in [0.2, 0.25) is 5.91 Å². The molecule has 0 fully saturated rings. The summed E-state index contributed by atoms with van der Waals surface area (Å²) in [7, 11) is 0. The molecule has 3 amide bonds. The zero-order valence-electron chi connectivity index (χ0n) is 13.1. The van der Waals surface area contributed by atoms with E-state index in [0.717, 1.165) is 10.6 Å². The van der Waals surface area contributed by atoms with Crippen LogP contribution in [0.2, 0.25) is 0 Å². The second-order valence-electron chi connectivity index (χ2n) is 5.50. The molecule has 6 heteroatoms. The van der Waals surface area contributed by atoms with Gasteiger partial charge in [-0.3, -0.25) is 19.8 Å². The molecule has 0 aliphatic carbocycles. The predicted octanol–water partition coefficient (Wildman–Crippen LogP) is 2.56. The smallest absolute Gasteiger partial charge is 0.272 e. The lowest BCUT2D eigenvalue weighted by Crippen LogP contribution is -2.46. The van der Waals surface area contributed by atoms with Gasteiger partial charge in [0, 0.05) is 5.75 Å². The normalized spacial score (nSPS) is 13.1. The van der Waals surface area contributed by atoms with E-state index in [-0.39, 0.29) is 11.7 Å².